The molecule has 24 heavy (non-hydrogen) atoms. The fraction of sp³-hybridized carbons (Fsp3) is 0.263. The number of ether oxygens (including phenoxy) is 1. The monoisotopic (exact) mass is 326 g/mol. The number of anilines is 2. The van der Waals surface area contributed by atoms with Gasteiger partial charge in [0.25, 0.3) is 0 Å². The van der Waals surface area contributed by atoms with Crippen molar-refractivity contribution in [2.24, 2.45) is 0 Å². The maximum atomic E-state index is 12.0. The van der Waals surface area contributed by atoms with Gasteiger partial charge in [0.2, 0.25) is 5.91 Å². The number of hydrogen-bond donors (Lipinski definition) is 2. The van der Waals surface area contributed by atoms with Crippen LogP contribution in [0.1, 0.15) is 29.8 Å². The first-order chi connectivity index (χ1) is 11.6. The molecule has 126 valence electrons. The summed E-state index contributed by atoms with van der Waals surface area (Å²) in [6.45, 7) is 4.37. The van der Waals surface area contributed by atoms with Crippen molar-refractivity contribution in [2.75, 3.05) is 23.8 Å². The lowest BCUT2D eigenvalue weighted by atomic mass is 10.1. The standard InChI is InChI=1S/C19H22N2O3/c1-3-14-5-9-16(10-6-14)20-13-18(22)21-17-11-7-15(8-12-17)19(23)24-4-2/h5-12,20H,3-4,13H2,1-2H3,(H,21,22). The minimum absolute atomic E-state index is 0.154. The molecule has 0 aromatic heterocycles. The van der Waals surface area contributed by atoms with Gasteiger partial charge in [-0.05, 0) is 55.3 Å². The molecule has 0 saturated heterocycles. The van der Waals surface area contributed by atoms with Crippen LogP contribution in [-0.2, 0) is 16.0 Å². The summed E-state index contributed by atoms with van der Waals surface area (Å²) in [5.74, 6) is -0.522. The largest absolute Gasteiger partial charge is 0.462 e. The van der Waals surface area contributed by atoms with Crippen molar-refractivity contribution in [1.29, 1.82) is 0 Å². The van der Waals surface area contributed by atoms with Crippen LogP contribution in [0.5, 0.6) is 0 Å². The Morgan fingerprint density at radius 3 is 2.12 bits per heavy atom. The summed E-state index contributed by atoms with van der Waals surface area (Å²) >= 11 is 0. The van der Waals surface area contributed by atoms with Gasteiger partial charge in [0.15, 0.2) is 0 Å². The van der Waals surface area contributed by atoms with Crippen molar-refractivity contribution in [2.45, 2.75) is 20.3 Å². The average Bonchev–Trinajstić information content (AvgIpc) is 2.61. The first kappa shape index (κ1) is 17.5. The number of amides is 1. The zero-order valence-electron chi connectivity index (χ0n) is 14.0. The number of hydrogen-bond acceptors (Lipinski definition) is 4. The smallest absolute Gasteiger partial charge is 0.338 e. The minimum Gasteiger partial charge on any atom is -0.462 e. The highest BCUT2D eigenvalue weighted by molar-refractivity contribution is 5.95. The molecule has 2 rings (SSSR count). The number of aryl methyl sites for hydroxylation is 1. The van der Waals surface area contributed by atoms with Crippen LogP contribution in [0.3, 0.4) is 0 Å². The molecule has 0 aliphatic heterocycles. The van der Waals surface area contributed by atoms with Gasteiger partial charge in [0.05, 0.1) is 18.7 Å². The van der Waals surface area contributed by atoms with Gasteiger partial charge in [-0.2, -0.15) is 0 Å². The lowest BCUT2D eigenvalue weighted by Gasteiger charge is -2.09. The van der Waals surface area contributed by atoms with Crippen LogP contribution in [0.4, 0.5) is 11.4 Å². The first-order valence-corrected chi connectivity index (χ1v) is 8.02. The Balaban J connectivity index is 1.84. The molecule has 2 N–H and O–H groups in total. The molecule has 0 aliphatic rings. The molecule has 0 spiro atoms. The molecule has 2 aromatic rings. The van der Waals surface area contributed by atoms with E-state index in [1.54, 1.807) is 31.2 Å². The summed E-state index contributed by atoms with van der Waals surface area (Å²) in [7, 11) is 0. The predicted octanol–water partition coefficient (Wildman–Crippen LogP) is 3.48. The van der Waals surface area contributed by atoms with Crippen LogP contribution in [0.2, 0.25) is 0 Å². The molecular formula is C19H22N2O3. The molecule has 0 heterocycles. The number of carbonyl (C=O) groups excluding carboxylic acids is 2. The van der Waals surface area contributed by atoms with Crippen LogP contribution in [0, 0.1) is 0 Å². The second-order valence-electron chi connectivity index (χ2n) is 5.25. The van der Waals surface area contributed by atoms with E-state index in [0.717, 1.165) is 12.1 Å². The van der Waals surface area contributed by atoms with Crippen molar-refractivity contribution in [3.8, 4) is 0 Å². The quantitative estimate of drug-likeness (QED) is 0.765. The Bertz CT molecular complexity index is 679. The van der Waals surface area contributed by atoms with Crippen molar-refractivity contribution < 1.29 is 14.3 Å². The molecule has 0 bridgehead atoms. The molecule has 1 amide bonds. The SMILES string of the molecule is CCOC(=O)c1ccc(NC(=O)CNc2ccc(CC)cc2)cc1. The molecule has 0 radical (unpaired) electrons. The van der Waals surface area contributed by atoms with Gasteiger partial charge >= 0.3 is 5.97 Å². The topological polar surface area (TPSA) is 67.4 Å². The van der Waals surface area contributed by atoms with Crippen LogP contribution >= 0.6 is 0 Å². The zero-order chi connectivity index (χ0) is 17.4. The second-order valence-corrected chi connectivity index (χ2v) is 5.25. The Kier molecular flexibility index (Phi) is 6.37. The summed E-state index contributed by atoms with van der Waals surface area (Å²) in [6.07, 6.45) is 0.989. The van der Waals surface area contributed by atoms with Crippen molar-refractivity contribution >= 4 is 23.3 Å². The van der Waals surface area contributed by atoms with E-state index in [9.17, 15) is 9.59 Å². The van der Waals surface area contributed by atoms with E-state index in [-0.39, 0.29) is 18.4 Å². The maximum Gasteiger partial charge on any atom is 0.338 e. The van der Waals surface area contributed by atoms with E-state index < -0.39 is 0 Å². The van der Waals surface area contributed by atoms with Crippen LogP contribution < -0.4 is 10.6 Å². The van der Waals surface area contributed by atoms with Crippen molar-refractivity contribution in [3.05, 3.63) is 59.7 Å². The number of carbonyl (C=O) groups is 2. The third-order valence-electron chi connectivity index (χ3n) is 3.50. The fourth-order valence-electron chi connectivity index (χ4n) is 2.15. The van der Waals surface area contributed by atoms with Gasteiger partial charge in [-0.15, -0.1) is 0 Å². The first-order valence-electron chi connectivity index (χ1n) is 8.02. The average molecular weight is 326 g/mol. The van der Waals surface area contributed by atoms with E-state index in [2.05, 4.69) is 17.6 Å². The molecule has 0 fully saturated rings. The second kappa shape index (κ2) is 8.72. The minimum atomic E-state index is -0.368. The third kappa shape index (κ3) is 5.12. The predicted molar refractivity (Wildman–Crippen MR) is 95.3 cm³/mol. The van der Waals surface area contributed by atoms with Crippen LogP contribution in [0.25, 0.3) is 0 Å². The molecule has 2 aromatic carbocycles. The third-order valence-corrected chi connectivity index (χ3v) is 3.50. The molecule has 5 heteroatoms. The Hall–Kier alpha value is -2.82. The Labute approximate surface area is 142 Å². The van der Waals surface area contributed by atoms with Gasteiger partial charge < -0.3 is 15.4 Å². The summed E-state index contributed by atoms with van der Waals surface area (Å²) in [6, 6.07) is 14.6. The molecule has 0 aliphatic carbocycles. The summed E-state index contributed by atoms with van der Waals surface area (Å²) in [5.41, 5.74) is 3.26. The highest BCUT2D eigenvalue weighted by atomic mass is 16.5. The van der Waals surface area contributed by atoms with E-state index in [1.165, 1.54) is 5.56 Å². The summed E-state index contributed by atoms with van der Waals surface area (Å²) in [4.78, 5) is 23.5. The van der Waals surface area contributed by atoms with Gasteiger partial charge in [-0.3, -0.25) is 4.79 Å². The maximum absolute atomic E-state index is 12.0. The lowest BCUT2D eigenvalue weighted by molar-refractivity contribution is -0.114. The van der Waals surface area contributed by atoms with Gasteiger partial charge in [-0.25, -0.2) is 4.79 Å². The molecule has 0 unspecified atom stereocenters. The number of benzene rings is 2. The molecule has 0 atom stereocenters. The zero-order valence-corrected chi connectivity index (χ0v) is 14.0. The molecular weight excluding hydrogens is 304 g/mol. The van der Waals surface area contributed by atoms with Crippen molar-refractivity contribution in [1.82, 2.24) is 0 Å². The Morgan fingerprint density at radius 1 is 0.917 bits per heavy atom. The summed E-state index contributed by atoms with van der Waals surface area (Å²) < 4.78 is 4.92. The molecule has 5 nitrogen and oxygen atoms in total. The lowest BCUT2D eigenvalue weighted by Crippen LogP contribution is -2.21. The van der Waals surface area contributed by atoms with Gasteiger partial charge in [0, 0.05) is 11.4 Å². The number of nitrogens with one attached hydrogen (secondary N) is 2. The highest BCUT2D eigenvalue weighted by Gasteiger charge is 2.07. The highest BCUT2D eigenvalue weighted by Crippen LogP contribution is 2.12. The van der Waals surface area contributed by atoms with E-state index >= 15 is 0 Å². The Morgan fingerprint density at radius 2 is 1.54 bits per heavy atom. The van der Waals surface area contributed by atoms with E-state index in [0.29, 0.717) is 17.9 Å². The fourth-order valence-corrected chi connectivity index (χ4v) is 2.15. The number of rotatable bonds is 7. The van der Waals surface area contributed by atoms with Gasteiger partial charge in [0.1, 0.15) is 0 Å². The van der Waals surface area contributed by atoms with Crippen LogP contribution in [0.15, 0.2) is 48.5 Å². The number of esters is 1. The van der Waals surface area contributed by atoms with Gasteiger partial charge in [-0.1, -0.05) is 19.1 Å². The van der Waals surface area contributed by atoms with E-state index in [1.807, 2.05) is 24.3 Å². The molecule has 0 saturated carbocycles. The van der Waals surface area contributed by atoms with Crippen molar-refractivity contribution in [3.63, 3.8) is 0 Å². The van der Waals surface area contributed by atoms with E-state index in [4.69, 9.17) is 4.74 Å². The normalized spacial score (nSPS) is 10.1. The summed E-state index contributed by atoms with van der Waals surface area (Å²) in [5, 5.41) is 5.86. The van der Waals surface area contributed by atoms with Crippen LogP contribution in [-0.4, -0.2) is 25.0 Å².